The Balaban J connectivity index is 1.57. The zero-order valence-electron chi connectivity index (χ0n) is 13.9. The summed E-state index contributed by atoms with van der Waals surface area (Å²) in [5.74, 6) is 0.839. The van der Waals surface area contributed by atoms with Crippen LogP contribution in [-0.2, 0) is 16.1 Å². The molecule has 130 valence electrons. The van der Waals surface area contributed by atoms with Crippen LogP contribution < -0.4 is 19.7 Å². The van der Waals surface area contributed by atoms with Crippen LogP contribution in [0.5, 0.6) is 11.6 Å². The van der Waals surface area contributed by atoms with Crippen LogP contribution in [0.15, 0.2) is 42.6 Å². The van der Waals surface area contributed by atoms with Crippen LogP contribution >= 0.6 is 0 Å². The monoisotopic (exact) mass is 341 g/mol. The van der Waals surface area contributed by atoms with Crippen LogP contribution in [-0.4, -0.2) is 37.1 Å². The molecule has 0 spiro atoms. The van der Waals surface area contributed by atoms with Crippen molar-refractivity contribution in [2.24, 2.45) is 0 Å². The topological polar surface area (TPSA) is 80.8 Å². The summed E-state index contributed by atoms with van der Waals surface area (Å²) in [5, 5.41) is 2.82. The zero-order valence-corrected chi connectivity index (χ0v) is 13.9. The second-order valence-corrected chi connectivity index (χ2v) is 5.50. The summed E-state index contributed by atoms with van der Waals surface area (Å²) in [5.41, 5.74) is 1.49. The highest BCUT2D eigenvalue weighted by atomic mass is 16.5. The molecule has 1 aliphatic heterocycles. The third-order valence-corrected chi connectivity index (χ3v) is 3.89. The average molecular weight is 341 g/mol. The van der Waals surface area contributed by atoms with E-state index in [0.717, 1.165) is 5.56 Å². The number of ether oxygens (including phenoxy) is 2. The van der Waals surface area contributed by atoms with Crippen molar-refractivity contribution in [2.45, 2.75) is 13.0 Å². The maximum absolute atomic E-state index is 12.1. The minimum absolute atomic E-state index is 0.00842. The Hall–Kier alpha value is -3.09. The van der Waals surface area contributed by atoms with Gasteiger partial charge in [-0.1, -0.05) is 18.2 Å². The van der Waals surface area contributed by atoms with Crippen LogP contribution in [0, 0.1) is 0 Å². The minimum Gasteiger partial charge on any atom is -0.482 e. The highest BCUT2D eigenvalue weighted by Gasteiger charge is 2.25. The number of nitrogens with one attached hydrogen (secondary N) is 1. The Morgan fingerprint density at radius 2 is 2.16 bits per heavy atom. The lowest BCUT2D eigenvalue weighted by Crippen LogP contribution is -2.41. The van der Waals surface area contributed by atoms with Gasteiger partial charge in [-0.05, 0) is 18.2 Å². The number of anilines is 1. The second-order valence-electron chi connectivity index (χ2n) is 5.50. The minimum atomic E-state index is -0.152. The molecular weight excluding hydrogens is 322 g/mol. The molecule has 2 heterocycles. The van der Waals surface area contributed by atoms with Crippen molar-refractivity contribution in [2.75, 3.05) is 25.2 Å². The number of rotatable bonds is 6. The van der Waals surface area contributed by atoms with Crippen LogP contribution in [0.4, 0.5) is 5.69 Å². The molecule has 0 unspecified atom stereocenters. The molecule has 2 amide bonds. The van der Waals surface area contributed by atoms with E-state index in [1.807, 2.05) is 30.3 Å². The van der Waals surface area contributed by atoms with E-state index in [2.05, 4.69) is 10.3 Å². The molecule has 0 bridgehead atoms. The van der Waals surface area contributed by atoms with Gasteiger partial charge in [-0.3, -0.25) is 9.59 Å². The molecule has 0 saturated heterocycles. The van der Waals surface area contributed by atoms with E-state index in [0.29, 0.717) is 30.4 Å². The van der Waals surface area contributed by atoms with Gasteiger partial charge in [0.1, 0.15) is 5.75 Å². The molecule has 0 aliphatic carbocycles. The van der Waals surface area contributed by atoms with Crippen molar-refractivity contribution in [3.05, 3.63) is 48.2 Å². The number of para-hydroxylation sites is 2. The predicted octanol–water partition coefficient (Wildman–Crippen LogP) is 1.52. The van der Waals surface area contributed by atoms with Gasteiger partial charge in [0.15, 0.2) is 6.61 Å². The van der Waals surface area contributed by atoms with Crippen molar-refractivity contribution in [1.82, 2.24) is 10.3 Å². The molecule has 25 heavy (non-hydrogen) atoms. The first-order valence-electron chi connectivity index (χ1n) is 7.96. The van der Waals surface area contributed by atoms with Crippen molar-refractivity contribution in [1.29, 1.82) is 0 Å². The van der Waals surface area contributed by atoms with Gasteiger partial charge < -0.3 is 19.7 Å². The van der Waals surface area contributed by atoms with Gasteiger partial charge in [0.05, 0.1) is 12.8 Å². The highest BCUT2D eigenvalue weighted by Crippen LogP contribution is 2.31. The number of nitrogens with zero attached hydrogens (tertiary/aromatic N) is 2. The van der Waals surface area contributed by atoms with Gasteiger partial charge in [0, 0.05) is 31.3 Å². The molecule has 1 aromatic heterocycles. The Morgan fingerprint density at radius 3 is 3.00 bits per heavy atom. The first-order chi connectivity index (χ1) is 12.2. The maximum atomic E-state index is 12.1. The van der Waals surface area contributed by atoms with Crippen LogP contribution in [0.2, 0.25) is 0 Å². The number of pyridine rings is 1. The molecule has 7 heteroatoms. The summed E-state index contributed by atoms with van der Waals surface area (Å²) in [4.78, 5) is 29.9. The normalized spacial score (nSPS) is 13.0. The first-order valence-corrected chi connectivity index (χ1v) is 7.96. The first kappa shape index (κ1) is 16.8. The van der Waals surface area contributed by atoms with Crippen molar-refractivity contribution >= 4 is 17.5 Å². The Labute approximate surface area is 145 Å². The molecule has 0 saturated carbocycles. The van der Waals surface area contributed by atoms with Gasteiger partial charge in [-0.2, -0.15) is 0 Å². The quantitative estimate of drug-likeness (QED) is 0.862. The van der Waals surface area contributed by atoms with Crippen molar-refractivity contribution in [3.63, 3.8) is 0 Å². The second kappa shape index (κ2) is 7.65. The van der Waals surface area contributed by atoms with Gasteiger partial charge in [0.25, 0.3) is 5.91 Å². The Kier molecular flexibility index (Phi) is 5.13. The van der Waals surface area contributed by atoms with E-state index < -0.39 is 0 Å². The highest BCUT2D eigenvalue weighted by molar-refractivity contribution is 5.98. The van der Waals surface area contributed by atoms with Crippen LogP contribution in [0.1, 0.15) is 12.0 Å². The summed E-state index contributed by atoms with van der Waals surface area (Å²) in [7, 11) is 1.54. The molecule has 1 aromatic carbocycles. The SMILES string of the molecule is COc1ncccc1CNC(=O)CCN1C(=O)COc2ccccc21. The van der Waals surface area contributed by atoms with E-state index in [1.165, 1.54) is 7.11 Å². The molecule has 1 N–H and O–H groups in total. The number of carbonyl (C=O) groups is 2. The summed E-state index contributed by atoms with van der Waals surface area (Å²) in [6.45, 7) is 0.615. The fourth-order valence-corrected chi connectivity index (χ4v) is 2.64. The van der Waals surface area contributed by atoms with Gasteiger partial charge in [-0.15, -0.1) is 0 Å². The molecule has 0 atom stereocenters. The van der Waals surface area contributed by atoms with Crippen molar-refractivity contribution in [3.8, 4) is 11.6 Å². The van der Waals surface area contributed by atoms with E-state index in [-0.39, 0.29) is 24.8 Å². The third kappa shape index (κ3) is 3.88. The molecule has 7 nitrogen and oxygen atoms in total. The number of amides is 2. The van der Waals surface area contributed by atoms with Gasteiger partial charge in [-0.25, -0.2) is 4.98 Å². The van der Waals surface area contributed by atoms with Gasteiger partial charge in [0.2, 0.25) is 11.8 Å². The number of hydrogen-bond donors (Lipinski definition) is 1. The number of carbonyl (C=O) groups excluding carboxylic acids is 2. The van der Waals surface area contributed by atoms with Gasteiger partial charge >= 0.3 is 0 Å². The van der Waals surface area contributed by atoms with Crippen molar-refractivity contribution < 1.29 is 19.1 Å². The molecule has 0 radical (unpaired) electrons. The van der Waals surface area contributed by atoms with Crippen LogP contribution in [0.3, 0.4) is 0 Å². The predicted molar refractivity (Wildman–Crippen MR) is 91.5 cm³/mol. The lowest BCUT2D eigenvalue weighted by molar-refractivity contribution is -0.122. The largest absolute Gasteiger partial charge is 0.482 e. The zero-order chi connectivity index (χ0) is 17.6. The maximum Gasteiger partial charge on any atom is 0.265 e. The number of fused-ring (bicyclic) bond motifs is 1. The molecule has 1 aliphatic rings. The fraction of sp³-hybridized carbons (Fsp3) is 0.278. The molecule has 2 aromatic rings. The third-order valence-electron chi connectivity index (χ3n) is 3.89. The molecule has 3 rings (SSSR count). The smallest absolute Gasteiger partial charge is 0.265 e. The summed E-state index contributed by atoms with van der Waals surface area (Å²) >= 11 is 0. The summed E-state index contributed by atoms with van der Waals surface area (Å²) < 4.78 is 10.5. The van der Waals surface area contributed by atoms with E-state index in [4.69, 9.17) is 9.47 Å². The fourth-order valence-electron chi connectivity index (χ4n) is 2.64. The van der Waals surface area contributed by atoms with Crippen LogP contribution in [0.25, 0.3) is 0 Å². The average Bonchev–Trinajstić information content (AvgIpc) is 2.65. The Bertz CT molecular complexity index is 778. The van der Waals surface area contributed by atoms with E-state index in [9.17, 15) is 9.59 Å². The summed E-state index contributed by atoms with van der Waals surface area (Å²) in [6, 6.07) is 10.9. The Morgan fingerprint density at radius 1 is 1.32 bits per heavy atom. The standard InChI is InChI=1S/C18H19N3O4/c1-24-18-13(5-4-9-19-18)11-20-16(22)8-10-21-14-6-2-3-7-15(14)25-12-17(21)23/h2-7,9H,8,10-12H2,1H3,(H,20,22). The summed E-state index contributed by atoms with van der Waals surface area (Å²) in [6.07, 6.45) is 1.83. The molecular formula is C18H19N3O4. The number of benzene rings is 1. The lowest BCUT2D eigenvalue weighted by atomic mass is 10.2. The van der Waals surface area contributed by atoms with E-state index >= 15 is 0 Å². The number of methoxy groups -OCH3 is 1. The molecule has 0 fully saturated rings. The lowest BCUT2D eigenvalue weighted by Gasteiger charge is -2.29. The van der Waals surface area contributed by atoms with E-state index in [1.54, 1.807) is 17.2 Å². The number of aromatic nitrogens is 1. The number of hydrogen-bond acceptors (Lipinski definition) is 5.